The fourth-order valence-corrected chi connectivity index (χ4v) is 0.553. The molecule has 4 heteroatoms. The number of alkyl carbamates (subject to hydrolysis) is 1. The third-order valence-electron chi connectivity index (χ3n) is 1.25. The topological polar surface area (TPSA) is 55.4 Å². The zero-order chi connectivity index (χ0) is 8.69. The van der Waals surface area contributed by atoms with E-state index in [1.54, 1.807) is 6.92 Å². The van der Waals surface area contributed by atoms with Gasteiger partial charge in [0.2, 0.25) is 0 Å². The van der Waals surface area contributed by atoms with Crippen molar-refractivity contribution in [3.63, 3.8) is 0 Å². The number of nitrogens with one attached hydrogen (secondary N) is 1. The Morgan fingerprint density at radius 1 is 1.45 bits per heavy atom. The van der Waals surface area contributed by atoms with E-state index in [2.05, 4.69) is 10.1 Å². The second-order valence-electron chi connectivity index (χ2n) is 2.06. The van der Waals surface area contributed by atoms with Crippen molar-refractivity contribution in [3.05, 3.63) is 0 Å². The fraction of sp³-hybridized carbons (Fsp3) is 0.714. The van der Waals surface area contributed by atoms with Crippen LogP contribution in [0.15, 0.2) is 0 Å². The number of amides is 1. The van der Waals surface area contributed by atoms with Crippen LogP contribution in [0.4, 0.5) is 4.79 Å². The van der Waals surface area contributed by atoms with Crippen molar-refractivity contribution in [1.29, 1.82) is 0 Å². The third kappa shape index (κ3) is 5.39. The molecular weight excluding hydrogens is 146 g/mol. The van der Waals surface area contributed by atoms with Crippen LogP contribution in [0.5, 0.6) is 0 Å². The largest absolute Gasteiger partial charge is 0.453 e. The molecule has 11 heavy (non-hydrogen) atoms. The molecule has 0 radical (unpaired) electrons. The maximum Gasteiger partial charge on any atom is 0.406 e. The number of ketones is 1. The number of carbonyl (C=O) groups is 2. The summed E-state index contributed by atoms with van der Waals surface area (Å²) in [5, 5.41) is 2.42. The lowest BCUT2D eigenvalue weighted by Gasteiger charge is -2.00. The van der Waals surface area contributed by atoms with Crippen LogP contribution in [-0.2, 0) is 9.53 Å². The Hall–Kier alpha value is -1.06. The van der Waals surface area contributed by atoms with Crippen LogP contribution >= 0.6 is 0 Å². The van der Waals surface area contributed by atoms with Crippen molar-refractivity contribution in [2.24, 2.45) is 0 Å². The maximum absolute atomic E-state index is 10.7. The highest BCUT2D eigenvalue weighted by Crippen LogP contribution is 1.86. The molecule has 64 valence electrons. The minimum absolute atomic E-state index is 0.140. The van der Waals surface area contributed by atoms with Gasteiger partial charge in [0.1, 0.15) is 5.78 Å². The SMILES string of the molecule is CCC(=O)CCNC(=O)OC. The Balaban J connectivity index is 3.27. The summed E-state index contributed by atoms with van der Waals surface area (Å²) in [4.78, 5) is 21.1. The van der Waals surface area contributed by atoms with Crippen LogP contribution in [0.1, 0.15) is 19.8 Å². The number of hydrogen-bond acceptors (Lipinski definition) is 3. The van der Waals surface area contributed by atoms with Gasteiger partial charge < -0.3 is 10.1 Å². The van der Waals surface area contributed by atoms with E-state index in [4.69, 9.17) is 0 Å². The summed E-state index contributed by atoms with van der Waals surface area (Å²) < 4.78 is 4.30. The van der Waals surface area contributed by atoms with Gasteiger partial charge in [-0.15, -0.1) is 0 Å². The predicted molar refractivity (Wildman–Crippen MR) is 40.3 cm³/mol. The van der Waals surface area contributed by atoms with Gasteiger partial charge in [-0.05, 0) is 0 Å². The molecule has 0 aromatic heterocycles. The standard InChI is InChI=1S/C7H13NO3/c1-3-6(9)4-5-8-7(10)11-2/h3-5H2,1-2H3,(H,8,10). The summed E-state index contributed by atoms with van der Waals surface area (Å²) in [6.45, 7) is 2.15. The van der Waals surface area contributed by atoms with Crippen LogP contribution < -0.4 is 5.32 Å². The molecule has 0 unspecified atom stereocenters. The summed E-state index contributed by atoms with van der Waals surface area (Å²) >= 11 is 0. The number of carbonyl (C=O) groups excluding carboxylic acids is 2. The van der Waals surface area contributed by atoms with Gasteiger partial charge >= 0.3 is 6.09 Å². The van der Waals surface area contributed by atoms with Gasteiger partial charge in [0.05, 0.1) is 7.11 Å². The lowest BCUT2D eigenvalue weighted by atomic mass is 10.2. The molecule has 0 rings (SSSR count). The molecule has 0 aliphatic carbocycles. The Labute approximate surface area is 65.9 Å². The maximum atomic E-state index is 10.7. The third-order valence-corrected chi connectivity index (χ3v) is 1.25. The average molecular weight is 159 g/mol. The molecule has 0 spiro atoms. The molecule has 0 aromatic carbocycles. The second kappa shape index (κ2) is 5.70. The van der Waals surface area contributed by atoms with E-state index in [1.807, 2.05) is 0 Å². The van der Waals surface area contributed by atoms with E-state index in [0.29, 0.717) is 19.4 Å². The summed E-state index contributed by atoms with van der Waals surface area (Å²) in [5.41, 5.74) is 0. The highest BCUT2D eigenvalue weighted by molar-refractivity contribution is 5.78. The highest BCUT2D eigenvalue weighted by Gasteiger charge is 2.00. The molecule has 1 N–H and O–H groups in total. The van der Waals surface area contributed by atoms with Crippen LogP contribution in [0.2, 0.25) is 0 Å². The summed E-state index contributed by atoms with van der Waals surface area (Å²) in [6, 6.07) is 0. The van der Waals surface area contributed by atoms with Gasteiger partial charge in [-0.25, -0.2) is 4.79 Å². The lowest BCUT2D eigenvalue weighted by molar-refractivity contribution is -0.118. The minimum Gasteiger partial charge on any atom is -0.453 e. The van der Waals surface area contributed by atoms with Gasteiger partial charge in [-0.1, -0.05) is 6.92 Å². The number of Topliss-reactive ketones (excluding diaryl/α,β-unsaturated/α-hetero) is 1. The molecule has 0 aliphatic heterocycles. The molecule has 4 nitrogen and oxygen atoms in total. The molecule has 0 aromatic rings. The average Bonchev–Trinajstić information content (AvgIpc) is 2.04. The van der Waals surface area contributed by atoms with Crippen LogP contribution in [-0.4, -0.2) is 25.5 Å². The molecule has 0 bridgehead atoms. The van der Waals surface area contributed by atoms with Crippen LogP contribution in [0.25, 0.3) is 0 Å². The first-order valence-corrected chi connectivity index (χ1v) is 3.54. The fourth-order valence-electron chi connectivity index (χ4n) is 0.553. The van der Waals surface area contributed by atoms with Crippen LogP contribution in [0.3, 0.4) is 0 Å². The monoisotopic (exact) mass is 159 g/mol. The van der Waals surface area contributed by atoms with E-state index >= 15 is 0 Å². The highest BCUT2D eigenvalue weighted by atomic mass is 16.5. The molecule has 1 amide bonds. The van der Waals surface area contributed by atoms with Crippen molar-refractivity contribution in [2.75, 3.05) is 13.7 Å². The first kappa shape index (κ1) is 9.94. The van der Waals surface area contributed by atoms with E-state index in [1.165, 1.54) is 7.11 Å². The van der Waals surface area contributed by atoms with E-state index in [9.17, 15) is 9.59 Å². The smallest absolute Gasteiger partial charge is 0.406 e. The van der Waals surface area contributed by atoms with E-state index in [-0.39, 0.29) is 5.78 Å². The zero-order valence-electron chi connectivity index (χ0n) is 6.85. The molecule has 0 saturated heterocycles. The normalized spacial score (nSPS) is 8.91. The molecule has 0 fully saturated rings. The van der Waals surface area contributed by atoms with Gasteiger partial charge in [0.25, 0.3) is 0 Å². The zero-order valence-corrected chi connectivity index (χ0v) is 6.85. The first-order chi connectivity index (χ1) is 5.20. The number of methoxy groups -OCH3 is 1. The Kier molecular flexibility index (Phi) is 5.15. The second-order valence-corrected chi connectivity index (χ2v) is 2.06. The number of rotatable bonds is 4. The van der Waals surface area contributed by atoms with E-state index < -0.39 is 6.09 Å². The van der Waals surface area contributed by atoms with Crippen molar-refractivity contribution in [3.8, 4) is 0 Å². The first-order valence-electron chi connectivity index (χ1n) is 3.54. The van der Waals surface area contributed by atoms with E-state index in [0.717, 1.165) is 0 Å². The molecule has 0 atom stereocenters. The van der Waals surface area contributed by atoms with Gasteiger partial charge in [0.15, 0.2) is 0 Å². The Morgan fingerprint density at radius 3 is 2.55 bits per heavy atom. The van der Waals surface area contributed by atoms with Gasteiger partial charge in [-0.3, -0.25) is 4.79 Å². The van der Waals surface area contributed by atoms with Crippen molar-refractivity contribution in [1.82, 2.24) is 5.32 Å². The Morgan fingerprint density at radius 2 is 2.09 bits per heavy atom. The van der Waals surface area contributed by atoms with Crippen molar-refractivity contribution >= 4 is 11.9 Å². The summed E-state index contributed by atoms with van der Waals surface area (Å²) in [7, 11) is 1.29. The lowest BCUT2D eigenvalue weighted by Crippen LogP contribution is -2.25. The minimum atomic E-state index is -0.492. The Bertz CT molecular complexity index is 129. The van der Waals surface area contributed by atoms with Crippen LogP contribution in [0, 0.1) is 0 Å². The number of ether oxygens (including phenoxy) is 1. The summed E-state index contributed by atoms with van der Waals surface area (Å²) in [5.74, 6) is 0.140. The quantitative estimate of drug-likeness (QED) is 0.657. The van der Waals surface area contributed by atoms with Gasteiger partial charge in [-0.2, -0.15) is 0 Å². The molecule has 0 heterocycles. The van der Waals surface area contributed by atoms with Crippen molar-refractivity contribution in [2.45, 2.75) is 19.8 Å². The van der Waals surface area contributed by atoms with Crippen molar-refractivity contribution < 1.29 is 14.3 Å². The molecule has 0 saturated carbocycles. The molecule has 0 aliphatic rings. The number of hydrogen-bond donors (Lipinski definition) is 1. The summed E-state index contributed by atoms with van der Waals surface area (Å²) in [6.07, 6.45) is 0.406. The molecular formula is C7H13NO3. The predicted octanol–water partition coefficient (Wildman–Crippen LogP) is 0.712. The van der Waals surface area contributed by atoms with Gasteiger partial charge in [0, 0.05) is 19.4 Å².